The van der Waals surface area contributed by atoms with E-state index in [9.17, 15) is 14.0 Å². The number of hydrogen-bond acceptors (Lipinski definition) is 3. The number of hydrogen-bond donors (Lipinski definition) is 0. The molecule has 2 heterocycles. The summed E-state index contributed by atoms with van der Waals surface area (Å²) in [5, 5.41) is 0.0980. The average Bonchev–Trinajstić information content (AvgIpc) is 3.14. The summed E-state index contributed by atoms with van der Waals surface area (Å²) >= 11 is 6.07. The van der Waals surface area contributed by atoms with Gasteiger partial charge < -0.3 is 9.64 Å². The molecule has 34 heavy (non-hydrogen) atoms. The van der Waals surface area contributed by atoms with Gasteiger partial charge in [-0.1, -0.05) is 72.3 Å². The number of rotatable bonds is 4. The van der Waals surface area contributed by atoms with Gasteiger partial charge in [0.05, 0.1) is 17.1 Å². The Balaban J connectivity index is 1.27. The number of piperidine rings is 1. The summed E-state index contributed by atoms with van der Waals surface area (Å²) < 4.78 is 20.1. The van der Waals surface area contributed by atoms with Gasteiger partial charge in [-0.3, -0.25) is 9.69 Å². The molecule has 2 fully saturated rings. The number of benzene rings is 3. The van der Waals surface area contributed by atoms with Crippen molar-refractivity contribution in [2.75, 3.05) is 19.6 Å². The Morgan fingerprint density at radius 2 is 1.68 bits per heavy atom. The van der Waals surface area contributed by atoms with Crippen molar-refractivity contribution in [3.05, 3.63) is 94.8 Å². The lowest BCUT2D eigenvalue weighted by Gasteiger charge is -2.37. The smallest absolute Gasteiger partial charge is 0.410 e. The van der Waals surface area contributed by atoms with E-state index in [1.165, 1.54) is 18.2 Å². The first-order valence-electron chi connectivity index (χ1n) is 11.3. The molecule has 174 valence electrons. The van der Waals surface area contributed by atoms with Crippen molar-refractivity contribution in [2.45, 2.75) is 25.0 Å². The maximum atomic E-state index is 14.2. The van der Waals surface area contributed by atoms with Crippen LogP contribution in [0.4, 0.5) is 9.18 Å². The highest BCUT2D eigenvalue weighted by Crippen LogP contribution is 2.36. The fraction of sp³-hybridized carbons (Fsp3) is 0.259. The number of amides is 2. The molecular weight excluding hydrogens is 455 g/mol. The van der Waals surface area contributed by atoms with Crippen LogP contribution in [-0.4, -0.2) is 47.0 Å². The van der Waals surface area contributed by atoms with Crippen molar-refractivity contribution < 1.29 is 18.7 Å². The molecule has 2 amide bonds. The summed E-state index contributed by atoms with van der Waals surface area (Å²) in [5.41, 5.74) is 2.47. The zero-order chi connectivity index (χ0) is 23.7. The van der Waals surface area contributed by atoms with E-state index in [1.54, 1.807) is 9.80 Å². The minimum Gasteiger partial charge on any atom is -0.441 e. The third kappa shape index (κ3) is 4.26. The molecule has 0 atom stereocenters. The van der Waals surface area contributed by atoms with Crippen molar-refractivity contribution in [3.63, 3.8) is 0 Å². The Hall–Kier alpha value is -3.38. The molecule has 0 unspecified atom stereocenters. The predicted octanol–water partition coefficient (Wildman–Crippen LogP) is 5.77. The van der Waals surface area contributed by atoms with Gasteiger partial charge in [-0.15, -0.1) is 0 Å². The number of carbonyl (C=O) groups excluding carboxylic acids is 2. The first-order valence-corrected chi connectivity index (χ1v) is 11.7. The van der Waals surface area contributed by atoms with Gasteiger partial charge in [0.25, 0.3) is 5.91 Å². The van der Waals surface area contributed by atoms with E-state index in [0.29, 0.717) is 39.0 Å². The lowest BCUT2D eigenvalue weighted by molar-refractivity contribution is 0.00302. The monoisotopic (exact) mass is 478 g/mol. The molecule has 0 radical (unpaired) electrons. The summed E-state index contributed by atoms with van der Waals surface area (Å²) in [5.74, 6) is -1.07. The Labute approximate surface area is 202 Å². The molecule has 2 aliphatic heterocycles. The molecular formula is C27H24ClFN2O3. The Kier molecular flexibility index (Phi) is 6.00. The summed E-state index contributed by atoms with van der Waals surface area (Å²) in [6.45, 7) is 1.63. The highest BCUT2D eigenvalue weighted by Gasteiger charge is 2.47. The molecule has 7 heteroatoms. The summed E-state index contributed by atoms with van der Waals surface area (Å²) in [6.07, 6.45) is 0.639. The first kappa shape index (κ1) is 22.4. The van der Waals surface area contributed by atoms with E-state index in [-0.39, 0.29) is 16.7 Å². The second kappa shape index (κ2) is 9.11. The van der Waals surface area contributed by atoms with Gasteiger partial charge in [0.15, 0.2) is 0 Å². The fourth-order valence-corrected chi connectivity index (χ4v) is 5.06. The van der Waals surface area contributed by atoms with Gasteiger partial charge in [0.2, 0.25) is 0 Å². The first-order chi connectivity index (χ1) is 16.5. The van der Waals surface area contributed by atoms with Crippen molar-refractivity contribution >= 4 is 23.6 Å². The lowest BCUT2D eigenvalue weighted by Crippen LogP contribution is -2.48. The molecule has 3 aromatic rings. The minimum absolute atomic E-state index is 0.0980. The van der Waals surface area contributed by atoms with Crippen LogP contribution in [0, 0.1) is 5.82 Å². The van der Waals surface area contributed by atoms with Crippen molar-refractivity contribution in [3.8, 4) is 11.1 Å². The van der Waals surface area contributed by atoms with Crippen LogP contribution in [0.2, 0.25) is 5.02 Å². The molecule has 2 aliphatic rings. The second-order valence-corrected chi connectivity index (χ2v) is 9.23. The summed E-state index contributed by atoms with van der Waals surface area (Å²) in [7, 11) is 0. The van der Waals surface area contributed by atoms with E-state index < -0.39 is 17.3 Å². The largest absolute Gasteiger partial charge is 0.441 e. The quantitative estimate of drug-likeness (QED) is 0.478. The molecule has 2 saturated heterocycles. The zero-order valence-corrected chi connectivity index (χ0v) is 19.3. The number of nitrogens with zero attached hydrogens (tertiary/aromatic N) is 2. The van der Waals surface area contributed by atoms with Gasteiger partial charge in [0.1, 0.15) is 11.4 Å². The average molecular weight is 479 g/mol. The fourth-order valence-electron chi connectivity index (χ4n) is 4.82. The molecule has 5 rings (SSSR count). The van der Waals surface area contributed by atoms with Crippen LogP contribution in [0.1, 0.15) is 28.8 Å². The highest BCUT2D eigenvalue weighted by molar-refractivity contribution is 6.33. The van der Waals surface area contributed by atoms with Crippen LogP contribution in [0.15, 0.2) is 72.8 Å². The number of likely N-dealkylation sites (tertiary alicyclic amines) is 1. The molecule has 3 aromatic carbocycles. The van der Waals surface area contributed by atoms with Crippen molar-refractivity contribution in [2.24, 2.45) is 0 Å². The summed E-state index contributed by atoms with van der Waals surface area (Å²) in [4.78, 5) is 29.0. The van der Waals surface area contributed by atoms with Gasteiger partial charge >= 0.3 is 6.09 Å². The van der Waals surface area contributed by atoms with Gasteiger partial charge in [-0.25, -0.2) is 9.18 Å². The molecule has 0 bridgehead atoms. The standard InChI is InChI=1S/C27H24ClFN2O3/c28-22-11-6-12-23(29)24(22)25(32)30-15-13-27(14-16-30)18-31(26(33)34-27)17-20-9-4-5-10-21(20)19-7-2-1-3-8-19/h1-12H,13-18H2. The number of halogens is 2. The maximum Gasteiger partial charge on any atom is 0.410 e. The van der Waals surface area contributed by atoms with Gasteiger partial charge in [-0.05, 0) is 28.8 Å². The zero-order valence-electron chi connectivity index (χ0n) is 18.5. The van der Waals surface area contributed by atoms with Crippen LogP contribution < -0.4 is 0 Å². The van der Waals surface area contributed by atoms with Crippen LogP contribution in [0.5, 0.6) is 0 Å². The van der Waals surface area contributed by atoms with Crippen LogP contribution in [0.3, 0.4) is 0 Å². The Morgan fingerprint density at radius 3 is 2.41 bits per heavy atom. The van der Waals surface area contributed by atoms with Gasteiger partial charge in [-0.2, -0.15) is 0 Å². The van der Waals surface area contributed by atoms with E-state index in [4.69, 9.17) is 16.3 Å². The Bertz CT molecular complexity index is 1210. The number of carbonyl (C=O) groups is 2. The van der Waals surface area contributed by atoms with E-state index in [2.05, 4.69) is 18.2 Å². The molecule has 0 aliphatic carbocycles. The third-order valence-corrected chi connectivity index (χ3v) is 6.96. The predicted molar refractivity (Wildman–Crippen MR) is 128 cm³/mol. The minimum atomic E-state index is -0.644. The SMILES string of the molecule is O=C1OC2(CCN(C(=O)c3c(F)cccc3Cl)CC2)CN1Cc1ccccc1-c1ccccc1. The topological polar surface area (TPSA) is 49.9 Å². The van der Waals surface area contributed by atoms with E-state index >= 15 is 0 Å². The van der Waals surface area contributed by atoms with Crippen molar-refractivity contribution in [1.82, 2.24) is 9.80 Å². The Morgan fingerprint density at radius 1 is 0.971 bits per heavy atom. The van der Waals surface area contributed by atoms with E-state index in [0.717, 1.165) is 16.7 Å². The normalized spacial score (nSPS) is 17.2. The molecule has 5 nitrogen and oxygen atoms in total. The second-order valence-electron chi connectivity index (χ2n) is 8.82. The molecule has 0 aromatic heterocycles. The summed E-state index contributed by atoms with van der Waals surface area (Å²) in [6, 6.07) is 22.3. The molecule has 0 N–H and O–H groups in total. The van der Waals surface area contributed by atoms with Crippen LogP contribution in [0.25, 0.3) is 11.1 Å². The molecule has 1 spiro atoms. The number of ether oxygens (including phenoxy) is 1. The lowest BCUT2D eigenvalue weighted by atomic mass is 9.90. The van der Waals surface area contributed by atoms with E-state index in [1.807, 2.05) is 36.4 Å². The van der Waals surface area contributed by atoms with Crippen LogP contribution in [-0.2, 0) is 11.3 Å². The maximum absolute atomic E-state index is 14.2. The van der Waals surface area contributed by atoms with Gasteiger partial charge in [0, 0.05) is 32.5 Å². The van der Waals surface area contributed by atoms with Crippen molar-refractivity contribution in [1.29, 1.82) is 0 Å². The highest BCUT2D eigenvalue weighted by atomic mass is 35.5. The molecule has 0 saturated carbocycles. The third-order valence-electron chi connectivity index (χ3n) is 6.64. The van der Waals surface area contributed by atoms with Crippen LogP contribution >= 0.6 is 11.6 Å².